The standard InChI is InChI=1S/C25H28F2N2O3S/c1-5-32-24-19-10-6-9-18(17(19)13-15-28-24)23(30)21-20(26)12-11-16(22(21)27)8-7-14-29-33(31)25(2,3)4/h6,9-13,15,29H,5,7-8,14H2,1-4H3. The Morgan fingerprint density at radius 1 is 1.12 bits per heavy atom. The lowest BCUT2D eigenvalue weighted by Gasteiger charge is -2.18. The van der Waals surface area contributed by atoms with E-state index in [0.29, 0.717) is 36.2 Å². The van der Waals surface area contributed by atoms with E-state index in [1.807, 2.05) is 27.7 Å². The predicted molar refractivity (Wildman–Crippen MR) is 127 cm³/mol. The number of nitrogens with zero attached hydrogens (tertiary/aromatic N) is 1. The third-order valence-corrected chi connectivity index (χ3v) is 6.68. The van der Waals surface area contributed by atoms with Gasteiger partial charge in [-0.25, -0.2) is 22.7 Å². The van der Waals surface area contributed by atoms with Gasteiger partial charge >= 0.3 is 0 Å². The fourth-order valence-electron chi connectivity index (χ4n) is 3.42. The molecule has 0 saturated carbocycles. The Balaban J connectivity index is 1.87. The molecule has 0 spiro atoms. The summed E-state index contributed by atoms with van der Waals surface area (Å²) in [7, 11) is -1.23. The Hall–Kier alpha value is -2.71. The van der Waals surface area contributed by atoms with Crippen LogP contribution >= 0.6 is 0 Å². The van der Waals surface area contributed by atoms with Crippen LogP contribution in [-0.2, 0) is 17.4 Å². The fourth-order valence-corrected chi connectivity index (χ4v) is 4.18. The fraction of sp³-hybridized carbons (Fsp3) is 0.360. The van der Waals surface area contributed by atoms with Crippen molar-refractivity contribution >= 4 is 27.5 Å². The molecule has 176 valence electrons. The number of carbonyl (C=O) groups excluding carboxylic acids is 1. The van der Waals surface area contributed by atoms with Crippen LogP contribution in [0.1, 0.15) is 55.6 Å². The molecule has 0 aliphatic carbocycles. The number of fused-ring (bicyclic) bond motifs is 1. The highest BCUT2D eigenvalue weighted by Crippen LogP contribution is 2.29. The third-order valence-electron chi connectivity index (χ3n) is 5.11. The molecule has 0 radical (unpaired) electrons. The predicted octanol–water partition coefficient (Wildman–Crippen LogP) is 5.13. The lowest BCUT2D eigenvalue weighted by Crippen LogP contribution is -2.33. The van der Waals surface area contributed by atoms with Crippen LogP contribution in [0.25, 0.3) is 10.8 Å². The van der Waals surface area contributed by atoms with Gasteiger partial charge in [-0.2, -0.15) is 0 Å². The minimum absolute atomic E-state index is 0.174. The molecule has 3 rings (SSSR count). The van der Waals surface area contributed by atoms with E-state index in [0.717, 1.165) is 6.07 Å². The first-order valence-corrected chi connectivity index (χ1v) is 12.0. The van der Waals surface area contributed by atoms with E-state index in [1.165, 1.54) is 18.3 Å². The number of pyridine rings is 1. The summed E-state index contributed by atoms with van der Waals surface area (Å²) in [6.07, 6.45) is 2.26. The third kappa shape index (κ3) is 5.62. The number of hydrogen-bond acceptors (Lipinski definition) is 4. The highest BCUT2D eigenvalue weighted by Gasteiger charge is 2.24. The van der Waals surface area contributed by atoms with Crippen LogP contribution in [0, 0.1) is 11.6 Å². The smallest absolute Gasteiger partial charge is 0.221 e. The Bertz CT molecular complexity index is 1190. The van der Waals surface area contributed by atoms with Crippen LogP contribution in [0.5, 0.6) is 5.88 Å². The average Bonchev–Trinajstić information content (AvgIpc) is 2.77. The van der Waals surface area contributed by atoms with Gasteiger partial charge < -0.3 is 4.74 Å². The van der Waals surface area contributed by atoms with E-state index in [9.17, 15) is 13.4 Å². The minimum Gasteiger partial charge on any atom is -0.478 e. The summed E-state index contributed by atoms with van der Waals surface area (Å²) in [6.45, 7) is 8.19. The number of ketones is 1. The first-order chi connectivity index (χ1) is 15.6. The molecule has 5 nitrogen and oxygen atoms in total. The summed E-state index contributed by atoms with van der Waals surface area (Å²) in [4.78, 5) is 17.4. The molecule has 1 unspecified atom stereocenters. The highest BCUT2D eigenvalue weighted by atomic mass is 32.2. The zero-order valence-corrected chi connectivity index (χ0v) is 20.0. The molecule has 0 amide bonds. The molecule has 1 heterocycles. The monoisotopic (exact) mass is 474 g/mol. The van der Waals surface area contributed by atoms with Gasteiger partial charge in [0.15, 0.2) is 5.78 Å². The summed E-state index contributed by atoms with van der Waals surface area (Å²) in [5.41, 5.74) is -0.172. The van der Waals surface area contributed by atoms with Crippen molar-refractivity contribution in [3.63, 3.8) is 0 Å². The summed E-state index contributed by atoms with van der Waals surface area (Å²) in [6, 6.07) is 9.03. The number of carbonyl (C=O) groups is 1. The van der Waals surface area contributed by atoms with Crippen LogP contribution < -0.4 is 9.46 Å². The quantitative estimate of drug-likeness (QED) is 0.345. The summed E-state index contributed by atoms with van der Waals surface area (Å²) in [5.74, 6) is -2.16. The normalized spacial score (nSPS) is 12.7. The van der Waals surface area contributed by atoms with Crippen molar-refractivity contribution in [1.29, 1.82) is 0 Å². The lowest BCUT2D eigenvalue weighted by atomic mass is 9.95. The van der Waals surface area contributed by atoms with E-state index in [2.05, 4.69) is 9.71 Å². The number of halogens is 2. The van der Waals surface area contributed by atoms with Crippen molar-refractivity contribution in [1.82, 2.24) is 9.71 Å². The Kier molecular flexibility index (Phi) is 7.92. The second kappa shape index (κ2) is 10.5. The van der Waals surface area contributed by atoms with Gasteiger partial charge in [-0.1, -0.05) is 18.2 Å². The van der Waals surface area contributed by atoms with Gasteiger partial charge in [0.25, 0.3) is 0 Å². The molecular formula is C25H28F2N2O3S. The highest BCUT2D eigenvalue weighted by molar-refractivity contribution is 7.84. The molecule has 3 aromatic rings. The molecule has 0 aliphatic heterocycles. The zero-order valence-electron chi connectivity index (χ0n) is 19.2. The van der Waals surface area contributed by atoms with E-state index in [-0.39, 0.29) is 17.5 Å². The number of aromatic nitrogens is 1. The van der Waals surface area contributed by atoms with Crippen molar-refractivity contribution < 1.29 is 22.5 Å². The summed E-state index contributed by atoms with van der Waals surface area (Å²) >= 11 is 0. The van der Waals surface area contributed by atoms with Crippen LogP contribution in [0.15, 0.2) is 42.6 Å². The molecule has 0 aliphatic rings. The van der Waals surface area contributed by atoms with Crippen LogP contribution in [0.4, 0.5) is 8.78 Å². The number of ether oxygens (including phenoxy) is 1. The maximum absolute atomic E-state index is 15.3. The number of rotatable bonds is 9. The number of hydrogen-bond donors (Lipinski definition) is 1. The minimum atomic E-state index is -1.23. The van der Waals surface area contributed by atoms with Crippen molar-refractivity contribution in [2.45, 2.75) is 45.3 Å². The molecular weight excluding hydrogens is 446 g/mol. The average molecular weight is 475 g/mol. The maximum atomic E-state index is 15.3. The van der Waals surface area contributed by atoms with Gasteiger partial charge in [0.1, 0.15) is 11.6 Å². The van der Waals surface area contributed by atoms with Gasteiger partial charge in [0.05, 0.1) is 27.9 Å². The van der Waals surface area contributed by atoms with Crippen molar-refractivity contribution in [3.05, 3.63) is 70.9 Å². The topological polar surface area (TPSA) is 68.3 Å². The van der Waals surface area contributed by atoms with E-state index < -0.39 is 38.7 Å². The Morgan fingerprint density at radius 2 is 1.88 bits per heavy atom. The largest absolute Gasteiger partial charge is 0.478 e. The van der Waals surface area contributed by atoms with Gasteiger partial charge in [-0.15, -0.1) is 0 Å². The Morgan fingerprint density at radius 3 is 2.58 bits per heavy atom. The molecule has 8 heteroatoms. The molecule has 2 aromatic carbocycles. The van der Waals surface area contributed by atoms with Gasteiger partial charge in [0.2, 0.25) is 5.88 Å². The van der Waals surface area contributed by atoms with Crippen LogP contribution in [0.2, 0.25) is 0 Å². The number of aryl methyl sites for hydroxylation is 1. The first-order valence-electron chi connectivity index (χ1n) is 10.8. The number of nitrogens with one attached hydrogen (secondary N) is 1. The second-order valence-corrected chi connectivity index (χ2v) is 10.6. The van der Waals surface area contributed by atoms with E-state index in [1.54, 1.807) is 18.2 Å². The molecule has 33 heavy (non-hydrogen) atoms. The molecule has 1 aromatic heterocycles. The first kappa shape index (κ1) is 24.9. The van der Waals surface area contributed by atoms with Gasteiger partial charge in [-0.05, 0) is 69.7 Å². The van der Waals surface area contributed by atoms with Gasteiger partial charge in [0, 0.05) is 23.7 Å². The molecule has 1 atom stereocenters. The van der Waals surface area contributed by atoms with Crippen molar-refractivity contribution in [2.24, 2.45) is 0 Å². The SMILES string of the molecule is CCOc1nccc2c(C(=O)c3c(F)ccc(CCCNS(=O)C(C)(C)C)c3F)cccc12. The van der Waals surface area contributed by atoms with Crippen LogP contribution in [-0.4, -0.2) is 32.9 Å². The van der Waals surface area contributed by atoms with E-state index in [4.69, 9.17) is 4.74 Å². The Labute approximate surface area is 195 Å². The lowest BCUT2D eigenvalue weighted by molar-refractivity contribution is 0.103. The van der Waals surface area contributed by atoms with Gasteiger partial charge in [-0.3, -0.25) is 4.79 Å². The molecule has 0 fully saturated rings. The molecule has 0 bridgehead atoms. The van der Waals surface area contributed by atoms with Crippen LogP contribution in [0.3, 0.4) is 0 Å². The molecule has 1 N–H and O–H groups in total. The summed E-state index contributed by atoms with van der Waals surface area (Å²) in [5, 5.41) is 1.11. The van der Waals surface area contributed by atoms with Crippen molar-refractivity contribution in [2.75, 3.05) is 13.2 Å². The maximum Gasteiger partial charge on any atom is 0.221 e. The van der Waals surface area contributed by atoms with E-state index >= 15 is 4.39 Å². The van der Waals surface area contributed by atoms with Crippen molar-refractivity contribution in [3.8, 4) is 5.88 Å². The zero-order chi connectivity index (χ0) is 24.2. The molecule has 0 saturated heterocycles. The number of benzene rings is 2. The summed E-state index contributed by atoms with van der Waals surface area (Å²) < 4.78 is 50.0. The second-order valence-electron chi connectivity index (χ2n) is 8.55.